The van der Waals surface area contributed by atoms with Crippen molar-refractivity contribution < 1.29 is 13.3 Å². The van der Waals surface area contributed by atoms with Gasteiger partial charge in [-0.15, -0.1) is 0 Å². The molecule has 0 fully saturated rings. The third kappa shape index (κ3) is 6.19. The van der Waals surface area contributed by atoms with E-state index in [0.717, 1.165) is 94.0 Å². The van der Waals surface area contributed by atoms with Gasteiger partial charge in [0.2, 0.25) is 0 Å². The lowest BCUT2D eigenvalue weighted by molar-refractivity contribution is 0.660. The zero-order valence-corrected chi connectivity index (χ0v) is 42.5. The Hall–Kier alpha value is -9.38. The monoisotopic (exact) mass is 975 g/mol. The molecule has 0 radical (unpaired) electrons. The van der Waals surface area contributed by atoms with E-state index in [1.54, 1.807) is 0 Å². The van der Waals surface area contributed by atoms with Gasteiger partial charge in [0.15, 0.2) is 0 Å². The average Bonchev–Trinajstić information content (AvgIpc) is 4.24. The molecule has 0 N–H and O–H groups in total. The lowest BCUT2D eigenvalue weighted by Crippen LogP contribution is -2.18. The van der Waals surface area contributed by atoms with Crippen molar-refractivity contribution in [2.45, 2.75) is 38.5 Å². The molecule has 2 aliphatic rings. The summed E-state index contributed by atoms with van der Waals surface area (Å²) >= 11 is 0. The molecule has 11 aromatic carbocycles. The van der Waals surface area contributed by atoms with E-state index in [4.69, 9.17) is 13.3 Å². The molecule has 0 spiro atoms. The van der Waals surface area contributed by atoms with Crippen LogP contribution in [0.15, 0.2) is 238 Å². The van der Waals surface area contributed by atoms with E-state index >= 15 is 0 Å². The molecule has 3 heterocycles. The van der Waals surface area contributed by atoms with Crippen LogP contribution in [0.1, 0.15) is 49.9 Å². The molecule has 76 heavy (non-hydrogen) atoms. The van der Waals surface area contributed by atoms with Gasteiger partial charge >= 0.3 is 0 Å². The van der Waals surface area contributed by atoms with E-state index in [1.165, 1.54) is 66.8 Å². The molecule has 360 valence electrons. The van der Waals surface area contributed by atoms with Crippen LogP contribution in [0.2, 0.25) is 0 Å². The summed E-state index contributed by atoms with van der Waals surface area (Å²) in [7, 11) is 0. The second-order valence-corrected chi connectivity index (χ2v) is 22.0. The third-order valence-electron chi connectivity index (χ3n) is 17.1. The van der Waals surface area contributed by atoms with Gasteiger partial charge in [-0.1, -0.05) is 161 Å². The summed E-state index contributed by atoms with van der Waals surface area (Å²) < 4.78 is 19.0. The number of hydrogen-bond donors (Lipinski definition) is 0. The minimum Gasteiger partial charge on any atom is -0.456 e. The van der Waals surface area contributed by atoms with Crippen LogP contribution < -0.4 is 4.90 Å². The Morgan fingerprint density at radius 3 is 1.14 bits per heavy atom. The predicted octanol–water partition coefficient (Wildman–Crippen LogP) is 20.5. The quantitative estimate of drug-likeness (QED) is 0.167. The first-order valence-corrected chi connectivity index (χ1v) is 26.4. The summed E-state index contributed by atoms with van der Waals surface area (Å²) in [5.41, 5.74) is 25.6. The second-order valence-electron chi connectivity index (χ2n) is 22.0. The van der Waals surface area contributed by atoms with Crippen LogP contribution in [-0.2, 0) is 10.8 Å². The van der Waals surface area contributed by atoms with Crippen LogP contribution >= 0.6 is 0 Å². The Balaban J connectivity index is 0.802. The molecule has 0 saturated heterocycles. The molecule has 14 aromatic rings. The number of benzene rings is 11. The zero-order valence-electron chi connectivity index (χ0n) is 42.5. The van der Waals surface area contributed by atoms with Gasteiger partial charge in [-0.05, 0) is 163 Å². The van der Waals surface area contributed by atoms with Gasteiger partial charge in [0.1, 0.15) is 33.5 Å². The summed E-state index contributed by atoms with van der Waals surface area (Å²) in [4.78, 5) is 2.45. The molecule has 0 saturated carbocycles. The fraction of sp³-hybridized carbons (Fsp3) is 0.0833. The minimum atomic E-state index is -0.265. The molecule has 0 aliphatic heterocycles. The smallest absolute Gasteiger partial charge is 0.143 e. The Morgan fingerprint density at radius 1 is 0.263 bits per heavy atom. The van der Waals surface area contributed by atoms with Crippen LogP contribution in [0.3, 0.4) is 0 Å². The fourth-order valence-corrected chi connectivity index (χ4v) is 13.1. The molecule has 4 heteroatoms. The standard InChI is InChI=1S/C72H49NO3/c1-71(2)61-38-45(43-24-34-68-59(36-43)56-13-6-8-17-65(56)74-68)22-30-51(61)53-32-28-48(40-63(53)71)73(47-26-20-42(21-27-47)50-15-11-16-58-55-12-5-10-19-67(55)76-70(50)58)49-29-33-54-52-31-23-46(39-62(52)72(3,4)64(54)41-49)44-25-35-69-60(37-44)57-14-7-9-18-66(57)75-69/h5-41H,1-4H3. The maximum absolute atomic E-state index is 6.54. The summed E-state index contributed by atoms with van der Waals surface area (Å²) in [6, 6.07) is 81.9. The fourth-order valence-electron chi connectivity index (χ4n) is 13.1. The first kappa shape index (κ1) is 43.1. The van der Waals surface area contributed by atoms with Crippen LogP contribution in [0, 0.1) is 0 Å². The van der Waals surface area contributed by atoms with Crippen LogP contribution in [0.25, 0.3) is 121 Å². The van der Waals surface area contributed by atoms with Gasteiger partial charge in [-0.3, -0.25) is 0 Å². The molecule has 0 amide bonds. The van der Waals surface area contributed by atoms with Crippen molar-refractivity contribution in [1.82, 2.24) is 0 Å². The second kappa shape index (κ2) is 15.6. The maximum Gasteiger partial charge on any atom is 0.143 e. The van der Waals surface area contributed by atoms with Crippen molar-refractivity contribution in [2.75, 3.05) is 4.90 Å². The number of hydrogen-bond acceptors (Lipinski definition) is 4. The van der Waals surface area contributed by atoms with Gasteiger partial charge in [-0.25, -0.2) is 0 Å². The Labute approximate surface area is 439 Å². The van der Waals surface area contributed by atoms with Crippen molar-refractivity contribution in [3.05, 3.63) is 247 Å². The highest BCUT2D eigenvalue weighted by atomic mass is 16.3. The number of nitrogens with zero attached hydrogens (tertiary/aromatic N) is 1. The van der Waals surface area contributed by atoms with Crippen LogP contribution in [0.5, 0.6) is 0 Å². The lowest BCUT2D eigenvalue weighted by Gasteiger charge is -2.30. The van der Waals surface area contributed by atoms with Crippen molar-refractivity contribution >= 4 is 82.9 Å². The number of rotatable bonds is 6. The van der Waals surface area contributed by atoms with E-state index in [9.17, 15) is 0 Å². The van der Waals surface area contributed by atoms with Gasteiger partial charge in [0, 0.05) is 65.8 Å². The Kier molecular flexibility index (Phi) is 8.83. The van der Waals surface area contributed by atoms with E-state index < -0.39 is 0 Å². The van der Waals surface area contributed by atoms with Crippen LogP contribution in [-0.4, -0.2) is 0 Å². The lowest BCUT2D eigenvalue weighted by atomic mass is 9.81. The van der Waals surface area contributed by atoms with Crippen molar-refractivity contribution in [2.24, 2.45) is 0 Å². The molecular formula is C72H49NO3. The molecule has 3 aromatic heterocycles. The first-order valence-electron chi connectivity index (χ1n) is 26.4. The third-order valence-corrected chi connectivity index (χ3v) is 17.1. The molecule has 0 unspecified atom stereocenters. The highest BCUT2D eigenvalue weighted by Gasteiger charge is 2.38. The maximum atomic E-state index is 6.54. The number of para-hydroxylation sites is 4. The first-order chi connectivity index (χ1) is 37.1. The Bertz CT molecular complexity index is 4540. The van der Waals surface area contributed by atoms with Crippen molar-refractivity contribution in [1.29, 1.82) is 0 Å². The molecular weight excluding hydrogens is 927 g/mol. The summed E-state index contributed by atoms with van der Waals surface area (Å²) in [6.07, 6.45) is 0. The highest BCUT2D eigenvalue weighted by molar-refractivity contribution is 6.10. The summed E-state index contributed by atoms with van der Waals surface area (Å²) in [5, 5.41) is 6.82. The highest BCUT2D eigenvalue weighted by Crippen LogP contribution is 2.55. The molecule has 0 atom stereocenters. The van der Waals surface area contributed by atoms with Crippen LogP contribution in [0.4, 0.5) is 17.1 Å². The molecule has 2 aliphatic carbocycles. The summed E-state index contributed by atoms with van der Waals surface area (Å²) in [5.74, 6) is 0. The van der Waals surface area contributed by atoms with Gasteiger partial charge in [0.05, 0.1) is 0 Å². The van der Waals surface area contributed by atoms with E-state index in [1.807, 2.05) is 30.3 Å². The zero-order chi connectivity index (χ0) is 50.6. The average molecular weight is 976 g/mol. The topological polar surface area (TPSA) is 42.7 Å². The van der Waals surface area contributed by atoms with E-state index in [-0.39, 0.29) is 10.8 Å². The number of fused-ring (bicyclic) bond motifs is 15. The molecule has 0 bridgehead atoms. The summed E-state index contributed by atoms with van der Waals surface area (Å²) in [6.45, 7) is 9.53. The normalized spacial score (nSPS) is 14.0. The minimum absolute atomic E-state index is 0.265. The van der Waals surface area contributed by atoms with E-state index in [0.29, 0.717) is 0 Å². The van der Waals surface area contributed by atoms with Crippen molar-refractivity contribution in [3.63, 3.8) is 0 Å². The largest absolute Gasteiger partial charge is 0.456 e. The number of furan rings is 3. The Morgan fingerprint density at radius 2 is 0.632 bits per heavy atom. The predicted molar refractivity (Wildman–Crippen MR) is 314 cm³/mol. The van der Waals surface area contributed by atoms with Crippen molar-refractivity contribution in [3.8, 4) is 55.6 Å². The number of anilines is 3. The SMILES string of the molecule is CC1(C)c2cc(-c3ccc4oc5ccccc5c4c3)ccc2-c2ccc(N(c3ccc(-c4cccc5c4oc4ccccc45)cc3)c3ccc4c(c3)C(C)(C)c3cc(-c5ccc6oc7ccccc7c6c5)ccc3-4)cc21. The molecule has 16 rings (SSSR count). The van der Waals surface area contributed by atoms with E-state index in [2.05, 4.69) is 227 Å². The van der Waals surface area contributed by atoms with Gasteiger partial charge in [-0.2, -0.15) is 0 Å². The molecule has 4 nitrogen and oxygen atoms in total. The van der Waals surface area contributed by atoms with Gasteiger partial charge in [0.25, 0.3) is 0 Å². The van der Waals surface area contributed by atoms with Gasteiger partial charge < -0.3 is 18.2 Å².